The Bertz CT molecular complexity index is 996. The van der Waals surface area contributed by atoms with E-state index in [2.05, 4.69) is 25.5 Å². The first-order valence-corrected chi connectivity index (χ1v) is 10.5. The van der Waals surface area contributed by atoms with Gasteiger partial charge in [0.2, 0.25) is 5.91 Å². The van der Waals surface area contributed by atoms with Crippen molar-refractivity contribution >= 4 is 33.9 Å². The summed E-state index contributed by atoms with van der Waals surface area (Å²) in [6.45, 7) is 2.45. The van der Waals surface area contributed by atoms with Crippen molar-refractivity contribution in [3.05, 3.63) is 52.9 Å². The summed E-state index contributed by atoms with van der Waals surface area (Å²) in [6, 6.07) is 10.0. The average Bonchev–Trinajstić information content (AvgIpc) is 3.32. The van der Waals surface area contributed by atoms with E-state index in [0.717, 1.165) is 67.1 Å². The van der Waals surface area contributed by atoms with Crippen LogP contribution in [-0.2, 0) is 24.3 Å². The molecule has 3 aromatic rings. The maximum absolute atomic E-state index is 13.1. The predicted octanol–water partition coefficient (Wildman–Crippen LogP) is 3.25. The molecule has 1 aliphatic carbocycles. The lowest BCUT2D eigenvalue weighted by atomic mass is 9.90. The van der Waals surface area contributed by atoms with Crippen molar-refractivity contribution in [2.75, 3.05) is 17.2 Å². The van der Waals surface area contributed by atoms with Crippen molar-refractivity contribution < 1.29 is 4.79 Å². The predicted molar refractivity (Wildman–Crippen MR) is 110 cm³/mol. The number of carbonyl (C=O) groups excluding carboxylic acids is 1. The van der Waals surface area contributed by atoms with Crippen LogP contribution in [0.5, 0.6) is 0 Å². The molecule has 3 N–H and O–H groups in total. The van der Waals surface area contributed by atoms with Gasteiger partial charge in [0.1, 0.15) is 11.6 Å². The molecule has 0 bridgehead atoms. The van der Waals surface area contributed by atoms with Crippen molar-refractivity contribution in [1.82, 2.24) is 19.9 Å². The number of nitrogens with zero attached hydrogens (tertiary/aromatic N) is 3. The van der Waals surface area contributed by atoms with E-state index in [4.69, 9.17) is 4.98 Å². The molecule has 0 fully saturated rings. The molecular formula is C20H22N6OS. The van der Waals surface area contributed by atoms with E-state index in [1.54, 1.807) is 17.5 Å². The minimum atomic E-state index is -0.209. The first-order valence-electron chi connectivity index (χ1n) is 9.65. The van der Waals surface area contributed by atoms with Gasteiger partial charge in [0, 0.05) is 23.7 Å². The standard InChI is InChI=1S/C20H22N6OS/c27-19(24-17-12-22-16-11-21-9-10-26(16)17)14-7-4-8-15-18(14)25-20(28-15)23-13-5-2-1-3-6-13/h1-3,5-6,12,14,21H,4,7-11H2,(H,23,25)(H,24,27). The van der Waals surface area contributed by atoms with E-state index in [-0.39, 0.29) is 11.8 Å². The van der Waals surface area contributed by atoms with Crippen LogP contribution in [0.15, 0.2) is 36.5 Å². The molecule has 1 aromatic carbocycles. The van der Waals surface area contributed by atoms with Gasteiger partial charge in [0.15, 0.2) is 5.13 Å². The largest absolute Gasteiger partial charge is 0.332 e. The molecule has 1 aliphatic heterocycles. The SMILES string of the molecule is O=C(Nc1cnc2n1CCNC2)C1CCCc2sc(Nc3ccccc3)nc21. The second-order valence-electron chi connectivity index (χ2n) is 7.14. The van der Waals surface area contributed by atoms with Gasteiger partial charge in [0.05, 0.1) is 24.4 Å². The number of benzene rings is 1. The molecule has 144 valence electrons. The number of rotatable bonds is 4. The lowest BCUT2D eigenvalue weighted by Gasteiger charge is -2.22. The quantitative estimate of drug-likeness (QED) is 0.633. The summed E-state index contributed by atoms with van der Waals surface area (Å²) < 4.78 is 2.08. The van der Waals surface area contributed by atoms with Gasteiger partial charge in [-0.2, -0.15) is 0 Å². The summed E-state index contributed by atoms with van der Waals surface area (Å²) in [5.74, 6) is 1.55. The van der Waals surface area contributed by atoms with E-state index in [9.17, 15) is 4.79 Å². The molecule has 0 saturated heterocycles. The van der Waals surface area contributed by atoms with Crippen LogP contribution in [0.1, 0.15) is 35.2 Å². The van der Waals surface area contributed by atoms with E-state index < -0.39 is 0 Å². The molecule has 5 rings (SSSR count). The van der Waals surface area contributed by atoms with Crippen LogP contribution < -0.4 is 16.0 Å². The number of hydrogen-bond donors (Lipinski definition) is 3. The molecule has 1 atom stereocenters. The third kappa shape index (κ3) is 3.29. The molecular weight excluding hydrogens is 372 g/mol. The Morgan fingerprint density at radius 3 is 3.07 bits per heavy atom. The van der Waals surface area contributed by atoms with Gasteiger partial charge in [-0.25, -0.2) is 9.97 Å². The Kier molecular flexibility index (Phi) is 4.58. The molecule has 8 heteroatoms. The summed E-state index contributed by atoms with van der Waals surface area (Å²) in [5.41, 5.74) is 1.93. The molecule has 0 radical (unpaired) electrons. The van der Waals surface area contributed by atoms with E-state index >= 15 is 0 Å². The highest BCUT2D eigenvalue weighted by Crippen LogP contribution is 2.38. The third-order valence-electron chi connectivity index (χ3n) is 5.28. The van der Waals surface area contributed by atoms with Crippen LogP contribution in [0.25, 0.3) is 0 Å². The lowest BCUT2D eigenvalue weighted by molar-refractivity contribution is -0.118. The van der Waals surface area contributed by atoms with Crippen LogP contribution >= 0.6 is 11.3 Å². The second kappa shape index (κ2) is 7.37. The molecule has 0 saturated carbocycles. The van der Waals surface area contributed by atoms with Crippen molar-refractivity contribution in [2.45, 2.75) is 38.3 Å². The third-order valence-corrected chi connectivity index (χ3v) is 6.33. The van der Waals surface area contributed by atoms with Crippen LogP contribution in [0.4, 0.5) is 16.6 Å². The van der Waals surface area contributed by atoms with Gasteiger partial charge in [0.25, 0.3) is 0 Å². The number of nitrogens with one attached hydrogen (secondary N) is 3. The van der Waals surface area contributed by atoms with Gasteiger partial charge in [-0.05, 0) is 31.4 Å². The van der Waals surface area contributed by atoms with Gasteiger partial charge >= 0.3 is 0 Å². The van der Waals surface area contributed by atoms with Crippen molar-refractivity contribution in [3.63, 3.8) is 0 Å². The Hall–Kier alpha value is -2.71. The van der Waals surface area contributed by atoms with Crippen molar-refractivity contribution in [2.24, 2.45) is 0 Å². The first-order chi connectivity index (χ1) is 13.8. The number of aryl methyl sites for hydroxylation is 1. The normalized spacial score (nSPS) is 18.2. The molecule has 1 amide bonds. The number of aromatic nitrogens is 3. The fraction of sp³-hybridized carbons (Fsp3) is 0.350. The van der Waals surface area contributed by atoms with Gasteiger partial charge in [-0.15, -0.1) is 11.3 Å². The van der Waals surface area contributed by atoms with Crippen LogP contribution in [0.2, 0.25) is 0 Å². The van der Waals surface area contributed by atoms with E-state index in [1.165, 1.54) is 4.88 Å². The first kappa shape index (κ1) is 17.4. The minimum absolute atomic E-state index is 0.0127. The molecule has 2 aromatic heterocycles. The van der Waals surface area contributed by atoms with E-state index in [1.807, 2.05) is 30.3 Å². The molecule has 7 nitrogen and oxygen atoms in total. The molecule has 28 heavy (non-hydrogen) atoms. The number of imidazole rings is 1. The van der Waals surface area contributed by atoms with Crippen molar-refractivity contribution in [3.8, 4) is 0 Å². The van der Waals surface area contributed by atoms with Crippen LogP contribution in [0.3, 0.4) is 0 Å². The van der Waals surface area contributed by atoms with Crippen LogP contribution in [-0.4, -0.2) is 27.0 Å². The zero-order valence-electron chi connectivity index (χ0n) is 15.4. The summed E-state index contributed by atoms with van der Waals surface area (Å²) >= 11 is 1.65. The van der Waals surface area contributed by atoms with Crippen molar-refractivity contribution in [1.29, 1.82) is 0 Å². The highest BCUT2D eigenvalue weighted by Gasteiger charge is 2.31. The monoisotopic (exact) mass is 394 g/mol. The minimum Gasteiger partial charge on any atom is -0.332 e. The molecule has 0 spiro atoms. The lowest BCUT2D eigenvalue weighted by Crippen LogP contribution is -2.30. The van der Waals surface area contributed by atoms with E-state index in [0.29, 0.717) is 0 Å². The number of fused-ring (bicyclic) bond motifs is 2. The van der Waals surface area contributed by atoms with Gasteiger partial charge in [-0.3, -0.25) is 4.79 Å². The fourth-order valence-corrected chi connectivity index (χ4v) is 4.97. The summed E-state index contributed by atoms with van der Waals surface area (Å²) in [5, 5.41) is 10.6. The maximum atomic E-state index is 13.1. The average molecular weight is 395 g/mol. The zero-order valence-corrected chi connectivity index (χ0v) is 16.3. The Balaban J connectivity index is 1.36. The van der Waals surface area contributed by atoms with Gasteiger partial charge < -0.3 is 20.5 Å². The van der Waals surface area contributed by atoms with Gasteiger partial charge in [-0.1, -0.05) is 18.2 Å². The second-order valence-corrected chi connectivity index (χ2v) is 8.22. The summed E-state index contributed by atoms with van der Waals surface area (Å²) in [7, 11) is 0. The molecule has 3 heterocycles. The molecule has 1 unspecified atom stereocenters. The number of carbonyl (C=O) groups is 1. The Morgan fingerprint density at radius 1 is 1.29 bits per heavy atom. The number of anilines is 3. The summed E-state index contributed by atoms with van der Waals surface area (Å²) in [4.78, 5) is 23.5. The number of thiazole rings is 1. The number of amides is 1. The number of hydrogen-bond acceptors (Lipinski definition) is 6. The topological polar surface area (TPSA) is 83.9 Å². The summed E-state index contributed by atoms with van der Waals surface area (Å²) in [6.07, 6.45) is 4.58. The van der Waals surface area contributed by atoms with Crippen LogP contribution in [0, 0.1) is 0 Å². The zero-order chi connectivity index (χ0) is 18.9. The highest BCUT2D eigenvalue weighted by atomic mass is 32.1. The Labute approximate surface area is 167 Å². The smallest absolute Gasteiger partial charge is 0.234 e. The highest BCUT2D eigenvalue weighted by molar-refractivity contribution is 7.15. The Morgan fingerprint density at radius 2 is 2.18 bits per heavy atom. The fourth-order valence-electron chi connectivity index (χ4n) is 3.88. The molecule has 2 aliphatic rings. The maximum Gasteiger partial charge on any atom is 0.234 e. The number of para-hydroxylation sites is 1.